The topological polar surface area (TPSA) is 92.0 Å². The second-order valence-electron chi connectivity index (χ2n) is 7.56. The molecule has 0 fully saturated rings. The lowest BCUT2D eigenvalue weighted by Crippen LogP contribution is -2.06. The predicted octanol–water partition coefficient (Wildman–Crippen LogP) is 4.93. The first-order valence-electron chi connectivity index (χ1n) is 10.6. The van der Waals surface area contributed by atoms with Crippen molar-refractivity contribution in [2.24, 2.45) is 0 Å². The van der Waals surface area contributed by atoms with Crippen LogP contribution in [0.4, 0.5) is 0 Å². The number of pyridine rings is 3. The molecule has 34 heavy (non-hydrogen) atoms. The summed E-state index contributed by atoms with van der Waals surface area (Å²) < 4.78 is 12.1. The third-order valence-electron chi connectivity index (χ3n) is 5.41. The van der Waals surface area contributed by atoms with Crippen LogP contribution in [0.15, 0.2) is 61.1 Å². The van der Waals surface area contributed by atoms with E-state index in [9.17, 15) is 4.79 Å². The van der Waals surface area contributed by atoms with Crippen LogP contribution in [0.1, 0.15) is 22.8 Å². The average Bonchev–Trinajstić information content (AvgIpc) is 3.26. The van der Waals surface area contributed by atoms with Crippen LogP contribution in [0.25, 0.3) is 33.3 Å². The summed E-state index contributed by atoms with van der Waals surface area (Å²) in [6.45, 7) is 2.57. The molecule has 1 aromatic carbocycles. The van der Waals surface area contributed by atoms with Gasteiger partial charge in [0.05, 0.1) is 48.3 Å². The molecule has 0 aliphatic heterocycles. The van der Waals surface area contributed by atoms with Crippen molar-refractivity contribution in [1.29, 1.82) is 0 Å². The summed E-state index contributed by atoms with van der Waals surface area (Å²) in [4.78, 5) is 25.8. The zero-order valence-electron chi connectivity index (χ0n) is 18.5. The molecule has 0 radical (unpaired) electrons. The van der Waals surface area contributed by atoms with Gasteiger partial charge in [0.25, 0.3) is 0 Å². The highest BCUT2D eigenvalue weighted by Gasteiger charge is 2.17. The fraction of sp³-hybridized carbons (Fsp3) is 0.160. The number of benzene rings is 1. The van der Waals surface area contributed by atoms with Crippen LogP contribution in [-0.4, -0.2) is 44.4 Å². The van der Waals surface area contributed by atoms with Crippen molar-refractivity contribution >= 4 is 39.6 Å². The maximum atomic E-state index is 12.2. The number of hydrogen-bond acceptors (Lipinski definition) is 7. The number of hydrogen-bond donors (Lipinski definition) is 0. The minimum Gasteiger partial charge on any atom is -0.497 e. The average molecular weight is 474 g/mol. The highest BCUT2D eigenvalue weighted by atomic mass is 35.5. The molecule has 0 aliphatic carbocycles. The van der Waals surface area contributed by atoms with Crippen molar-refractivity contribution in [2.75, 3.05) is 13.7 Å². The fourth-order valence-corrected chi connectivity index (χ4v) is 3.94. The van der Waals surface area contributed by atoms with E-state index >= 15 is 0 Å². The third kappa shape index (κ3) is 4.04. The van der Waals surface area contributed by atoms with Gasteiger partial charge in [-0.2, -0.15) is 5.10 Å². The Kier molecular flexibility index (Phi) is 5.81. The van der Waals surface area contributed by atoms with Crippen LogP contribution < -0.4 is 4.74 Å². The predicted molar refractivity (Wildman–Crippen MR) is 129 cm³/mol. The number of methoxy groups -OCH3 is 1. The fourth-order valence-electron chi connectivity index (χ4n) is 3.68. The molecule has 0 saturated heterocycles. The van der Waals surface area contributed by atoms with Gasteiger partial charge in [-0.15, -0.1) is 0 Å². The highest BCUT2D eigenvalue weighted by molar-refractivity contribution is 6.37. The molecule has 9 heteroatoms. The molecule has 5 rings (SSSR count). The Hall–Kier alpha value is -4.04. The molecule has 170 valence electrons. The quantitative estimate of drug-likeness (QED) is 0.323. The van der Waals surface area contributed by atoms with E-state index in [0.29, 0.717) is 23.3 Å². The Labute approximate surface area is 200 Å². The molecule has 0 aliphatic rings. The number of carbonyl (C=O) groups is 1. The van der Waals surface area contributed by atoms with E-state index in [1.165, 1.54) is 6.20 Å². The molecule has 0 bridgehead atoms. The third-order valence-corrected chi connectivity index (χ3v) is 5.79. The van der Waals surface area contributed by atoms with Gasteiger partial charge in [0, 0.05) is 23.3 Å². The molecule has 0 amide bonds. The standard InChI is InChI=1S/C25H20ClN5O3/c1-3-34-25(32)19-13-27-21-9-8-20(30-23(21)22(19)26)16-10-17-12-29-31(24(17)28-11-16)14-15-4-6-18(33-2)7-5-15/h4-13H,3,14H2,1-2H3. The SMILES string of the molecule is CCOC(=O)c1cnc2ccc(-c3cnc4c(cnn4Cc4ccc(OC)cc4)c3)nc2c1Cl. The van der Waals surface area contributed by atoms with Crippen LogP contribution in [0.2, 0.25) is 5.02 Å². The van der Waals surface area contributed by atoms with E-state index in [1.54, 1.807) is 26.4 Å². The Morgan fingerprint density at radius 1 is 1.06 bits per heavy atom. The van der Waals surface area contributed by atoms with Crippen molar-refractivity contribution in [3.8, 4) is 17.0 Å². The molecular weight excluding hydrogens is 454 g/mol. The Bertz CT molecular complexity index is 1520. The van der Waals surface area contributed by atoms with Gasteiger partial charge in [0.2, 0.25) is 0 Å². The maximum Gasteiger partial charge on any atom is 0.341 e. The molecule has 8 nitrogen and oxygen atoms in total. The maximum absolute atomic E-state index is 12.2. The summed E-state index contributed by atoms with van der Waals surface area (Å²) in [5.41, 5.74) is 4.53. The summed E-state index contributed by atoms with van der Waals surface area (Å²) in [5.74, 6) is 0.283. The molecule has 5 aromatic rings. The lowest BCUT2D eigenvalue weighted by molar-refractivity contribution is 0.0526. The molecule has 4 heterocycles. The summed E-state index contributed by atoms with van der Waals surface area (Å²) in [6.07, 6.45) is 4.94. The van der Waals surface area contributed by atoms with Crippen LogP contribution in [0.3, 0.4) is 0 Å². The Morgan fingerprint density at radius 2 is 1.88 bits per heavy atom. The molecule has 0 atom stereocenters. The lowest BCUT2D eigenvalue weighted by atomic mass is 10.1. The van der Waals surface area contributed by atoms with E-state index in [2.05, 4.69) is 20.1 Å². The zero-order chi connectivity index (χ0) is 23.7. The van der Waals surface area contributed by atoms with Crippen LogP contribution >= 0.6 is 11.6 Å². The number of esters is 1. The van der Waals surface area contributed by atoms with Gasteiger partial charge < -0.3 is 9.47 Å². The molecule has 0 saturated carbocycles. The lowest BCUT2D eigenvalue weighted by Gasteiger charge is -2.08. The van der Waals surface area contributed by atoms with E-state index in [0.717, 1.165) is 27.9 Å². The summed E-state index contributed by atoms with van der Waals surface area (Å²) in [7, 11) is 1.64. The number of halogens is 1. The normalized spacial score (nSPS) is 11.1. The summed E-state index contributed by atoms with van der Waals surface area (Å²) >= 11 is 6.49. The van der Waals surface area contributed by atoms with Crippen molar-refractivity contribution < 1.29 is 14.3 Å². The summed E-state index contributed by atoms with van der Waals surface area (Å²) in [6, 6.07) is 13.5. The van der Waals surface area contributed by atoms with E-state index in [1.807, 2.05) is 47.1 Å². The Balaban J connectivity index is 1.48. The van der Waals surface area contributed by atoms with Gasteiger partial charge in [0.15, 0.2) is 5.65 Å². The minimum absolute atomic E-state index is 0.189. The number of fused-ring (bicyclic) bond motifs is 2. The van der Waals surface area contributed by atoms with E-state index in [4.69, 9.17) is 21.1 Å². The monoisotopic (exact) mass is 473 g/mol. The van der Waals surface area contributed by atoms with E-state index in [-0.39, 0.29) is 17.2 Å². The molecular formula is C25H20ClN5O3. The second kappa shape index (κ2) is 9.07. The van der Waals surface area contributed by atoms with Crippen molar-refractivity contribution in [2.45, 2.75) is 13.5 Å². The van der Waals surface area contributed by atoms with Crippen LogP contribution in [-0.2, 0) is 11.3 Å². The number of carbonyl (C=O) groups excluding carboxylic acids is 1. The molecule has 4 aromatic heterocycles. The first-order chi connectivity index (χ1) is 16.6. The minimum atomic E-state index is -0.526. The van der Waals surface area contributed by atoms with Gasteiger partial charge in [0.1, 0.15) is 11.3 Å². The van der Waals surface area contributed by atoms with Gasteiger partial charge >= 0.3 is 5.97 Å². The number of nitrogens with zero attached hydrogens (tertiary/aromatic N) is 5. The van der Waals surface area contributed by atoms with Gasteiger partial charge in [-0.1, -0.05) is 23.7 Å². The zero-order valence-corrected chi connectivity index (χ0v) is 19.3. The van der Waals surface area contributed by atoms with Crippen molar-refractivity contribution in [3.05, 3.63) is 77.2 Å². The van der Waals surface area contributed by atoms with Gasteiger partial charge in [-0.05, 0) is 42.8 Å². The molecule has 0 unspecified atom stereocenters. The second-order valence-corrected chi connectivity index (χ2v) is 7.94. The smallest absolute Gasteiger partial charge is 0.341 e. The van der Waals surface area contributed by atoms with Crippen LogP contribution in [0.5, 0.6) is 5.75 Å². The van der Waals surface area contributed by atoms with Crippen molar-refractivity contribution in [3.63, 3.8) is 0 Å². The molecule has 0 N–H and O–H groups in total. The first kappa shape index (κ1) is 21.8. The van der Waals surface area contributed by atoms with Gasteiger partial charge in [-0.25, -0.2) is 19.4 Å². The number of aromatic nitrogens is 5. The van der Waals surface area contributed by atoms with Gasteiger partial charge in [-0.3, -0.25) is 4.98 Å². The highest BCUT2D eigenvalue weighted by Crippen LogP contribution is 2.29. The first-order valence-corrected chi connectivity index (χ1v) is 11.0. The summed E-state index contributed by atoms with van der Waals surface area (Å²) in [5, 5.41) is 5.60. The number of rotatable bonds is 6. The molecule has 0 spiro atoms. The number of ether oxygens (including phenoxy) is 2. The Morgan fingerprint density at radius 3 is 2.65 bits per heavy atom. The van der Waals surface area contributed by atoms with E-state index < -0.39 is 5.97 Å². The van der Waals surface area contributed by atoms with Crippen molar-refractivity contribution in [1.82, 2.24) is 24.7 Å². The van der Waals surface area contributed by atoms with Crippen LogP contribution in [0, 0.1) is 0 Å². The largest absolute Gasteiger partial charge is 0.497 e.